The maximum absolute atomic E-state index is 5.40. The van der Waals surface area contributed by atoms with Crippen LogP contribution >= 0.6 is 0 Å². The van der Waals surface area contributed by atoms with E-state index in [1.807, 2.05) is 0 Å². The second kappa shape index (κ2) is 3.39. The van der Waals surface area contributed by atoms with Gasteiger partial charge in [0.2, 0.25) is 0 Å². The third-order valence-electron chi connectivity index (χ3n) is 3.50. The van der Waals surface area contributed by atoms with Crippen molar-refractivity contribution in [2.45, 2.75) is 25.2 Å². The summed E-state index contributed by atoms with van der Waals surface area (Å²) in [5.41, 5.74) is 0. The van der Waals surface area contributed by atoms with Gasteiger partial charge in [0.25, 0.3) is 0 Å². The monoisotopic (exact) mass is 192 g/mol. The molecule has 3 heterocycles. The van der Waals surface area contributed by atoms with Crippen molar-refractivity contribution in [1.82, 2.24) is 9.88 Å². The van der Waals surface area contributed by atoms with Crippen LogP contribution in [-0.4, -0.2) is 29.5 Å². The Labute approximate surface area is 84.1 Å². The SMILES string of the molecule is c1coc(C2CC3CCCN(C3)C2)n1. The second-order valence-corrected chi connectivity index (χ2v) is 4.57. The minimum atomic E-state index is 0.545. The van der Waals surface area contributed by atoms with Gasteiger partial charge in [-0.25, -0.2) is 4.98 Å². The minimum Gasteiger partial charge on any atom is -0.449 e. The Hall–Kier alpha value is -0.830. The van der Waals surface area contributed by atoms with Crippen molar-refractivity contribution in [3.8, 4) is 0 Å². The van der Waals surface area contributed by atoms with E-state index in [4.69, 9.17) is 4.42 Å². The van der Waals surface area contributed by atoms with Crippen LogP contribution in [0.5, 0.6) is 0 Å². The zero-order valence-electron chi connectivity index (χ0n) is 8.35. The van der Waals surface area contributed by atoms with E-state index >= 15 is 0 Å². The first-order valence-electron chi connectivity index (χ1n) is 5.53. The number of oxazole rings is 1. The molecule has 1 aromatic rings. The highest BCUT2D eigenvalue weighted by atomic mass is 16.3. The Morgan fingerprint density at radius 2 is 2.43 bits per heavy atom. The topological polar surface area (TPSA) is 29.3 Å². The lowest BCUT2D eigenvalue weighted by Crippen LogP contribution is -2.43. The highest BCUT2D eigenvalue weighted by molar-refractivity contribution is 4.98. The lowest BCUT2D eigenvalue weighted by molar-refractivity contribution is 0.0994. The fourth-order valence-electron chi connectivity index (χ4n) is 2.91. The zero-order valence-corrected chi connectivity index (χ0v) is 8.35. The van der Waals surface area contributed by atoms with Crippen LogP contribution in [0.2, 0.25) is 0 Å². The summed E-state index contributed by atoms with van der Waals surface area (Å²) in [6, 6.07) is 0. The molecule has 0 saturated carbocycles. The average Bonchev–Trinajstić information content (AvgIpc) is 2.69. The summed E-state index contributed by atoms with van der Waals surface area (Å²) in [5, 5.41) is 0. The maximum Gasteiger partial charge on any atom is 0.198 e. The van der Waals surface area contributed by atoms with Crippen molar-refractivity contribution in [2.24, 2.45) is 5.92 Å². The number of piperidine rings is 2. The first-order valence-corrected chi connectivity index (χ1v) is 5.53. The van der Waals surface area contributed by atoms with Gasteiger partial charge in [0.15, 0.2) is 5.89 Å². The van der Waals surface area contributed by atoms with Gasteiger partial charge in [-0.05, 0) is 31.7 Å². The Morgan fingerprint density at radius 1 is 1.43 bits per heavy atom. The molecule has 0 N–H and O–H groups in total. The molecular weight excluding hydrogens is 176 g/mol. The predicted molar refractivity (Wildman–Crippen MR) is 53.0 cm³/mol. The Morgan fingerprint density at radius 3 is 3.21 bits per heavy atom. The summed E-state index contributed by atoms with van der Waals surface area (Å²) in [4.78, 5) is 6.84. The van der Waals surface area contributed by atoms with E-state index in [9.17, 15) is 0 Å². The van der Waals surface area contributed by atoms with E-state index < -0.39 is 0 Å². The summed E-state index contributed by atoms with van der Waals surface area (Å²) in [7, 11) is 0. The molecule has 3 unspecified atom stereocenters. The molecule has 2 fully saturated rings. The summed E-state index contributed by atoms with van der Waals surface area (Å²) in [6.45, 7) is 3.72. The molecule has 76 valence electrons. The summed E-state index contributed by atoms with van der Waals surface area (Å²) >= 11 is 0. The van der Waals surface area contributed by atoms with Gasteiger partial charge in [-0.2, -0.15) is 0 Å². The van der Waals surface area contributed by atoms with Crippen molar-refractivity contribution in [2.75, 3.05) is 19.6 Å². The van der Waals surface area contributed by atoms with Gasteiger partial charge >= 0.3 is 0 Å². The molecule has 3 heteroatoms. The van der Waals surface area contributed by atoms with Gasteiger partial charge in [0.1, 0.15) is 6.26 Å². The molecule has 0 radical (unpaired) electrons. The van der Waals surface area contributed by atoms with Crippen molar-refractivity contribution in [1.29, 1.82) is 0 Å². The fraction of sp³-hybridized carbons (Fsp3) is 0.727. The molecule has 0 amide bonds. The van der Waals surface area contributed by atoms with Crippen LogP contribution in [0, 0.1) is 5.92 Å². The average molecular weight is 192 g/mol. The van der Waals surface area contributed by atoms with E-state index in [2.05, 4.69) is 9.88 Å². The van der Waals surface area contributed by atoms with Crippen LogP contribution in [0.15, 0.2) is 16.9 Å². The lowest BCUT2D eigenvalue weighted by atomic mass is 9.83. The number of fused-ring (bicyclic) bond motifs is 2. The Balaban J connectivity index is 1.77. The third-order valence-corrected chi connectivity index (χ3v) is 3.50. The molecule has 1 aromatic heterocycles. The molecule has 2 saturated heterocycles. The van der Waals surface area contributed by atoms with Crippen molar-refractivity contribution >= 4 is 0 Å². The Kier molecular flexibility index (Phi) is 2.05. The minimum absolute atomic E-state index is 0.545. The van der Waals surface area contributed by atoms with Gasteiger partial charge in [0.05, 0.1) is 6.20 Å². The first kappa shape index (κ1) is 8.48. The third kappa shape index (κ3) is 1.46. The molecular formula is C11H16N2O. The molecule has 3 nitrogen and oxygen atoms in total. The van der Waals surface area contributed by atoms with Crippen LogP contribution in [-0.2, 0) is 0 Å². The van der Waals surface area contributed by atoms with Crippen molar-refractivity contribution < 1.29 is 4.42 Å². The fourth-order valence-corrected chi connectivity index (χ4v) is 2.91. The second-order valence-electron chi connectivity index (χ2n) is 4.57. The smallest absolute Gasteiger partial charge is 0.198 e. The zero-order chi connectivity index (χ0) is 9.38. The highest BCUT2D eigenvalue weighted by Gasteiger charge is 2.32. The van der Waals surface area contributed by atoms with E-state index in [-0.39, 0.29) is 0 Å². The van der Waals surface area contributed by atoms with Crippen LogP contribution in [0.3, 0.4) is 0 Å². The van der Waals surface area contributed by atoms with Crippen LogP contribution in [0.4, 0.5) is 0 Å². The van der Waals surface area contributed by atoms with Gasteiger partial charge in [-0.1, -0.05) is 0 Å². The number of nitrogens with zero attached hydrogens (tertiary/aromatic N) is 2. The maximum atomic E-state index is 5.40. The van der Waals surface area contributed by atoms with Gasteiger partial charge in [-0.15, -0.1) is 0 Å². The van der Waals surface area contributed by atoms with E-state index in [1.165, 1.54) is 32.4 Å². The van der Waals surface area contributed by atoms with E-state index in [0.717, 1.165) is 18.4 Å². The van der Waals surface area contributed by atoms with Crippen LogP contribution < -0.4 is 0 Å². The normalized spacial score (nSPS) is 37.0. The van der Waals surface area contributed by atoms with E-state index in [0.29, 0.717) is 5.92 Å². The molecule has 2 aliphatic rings. The molecule has 3 rings (SSSR count). The Bertz CT molecular complexity index is 284. The van der Waals surface area contributed by atoms with Crippen molar-refractivity contribution in [3.05, 3.63) is 18.4 Å². The van der Waals surface area contributed by atoms with Crippen molar-refractivity contribution in [3.63, 3.8) is 0 Å². The van der Waals surface area contributed by atoms with Crippen LogP contribution in [0.1, 0.15) is 31.1 Å². The largest absolute Gasteiger partial charge is 0.449 e. The molecule has 2 bridgehead atoms. The number of rotatable bonds is 1. The molecule has 14 heavy (non-hydrogen) atoms. The lowest BCUT2D eigenvalue weighted by Gasteiger charge is -2.40. The van der Waals surface area contributed by atoms with Gasteiger partial charge in [0, 0.05) is 19.0 Å². The quantitative estimate of drug-likeness (QED) is 0.680. The van der Waals surface area contributed by atoms with Crippen LogP contribution in [0.25, 0.3) is 0 Å². The summed E-state index contributed by atoms with van der Waals surface area (Å²) < 4.78 is 5.40. The first-order chi connectivity index (χ1) is 6.92. The van der Waals surface area contributed by atoms with Gasteiger partial charge in [-0.3, -0.25) is 0 Å². The summed E-state index contributed by atoms with van der Waals surface area (Å²) in [5.74, 6) is 2.38. The molecule has 2 aliphatic heterocycles. The summed E-state index contributed by atoms with van der Waals surface area (Å²) in [6.07, 6.45) is 7.50. The number of hydrogen-bond donors (Lipinski definition) is 0. The molecule has 3 atom stereocenters. The number of hydrogen-bond acceptors (Lipinski definition) is 3. The highest BCUT2D eigenvalue weighted by Crippen LogP contribution is 2.34. The number of aromatic nitrogens is 1. The molecule has 0 aliphatic carbocycles. The molecule has 0 spiro atoms. The van der Waals surface area contributed by atoms with Gasteiger partial charge < -0.3 is 9.32 Å². The standard InChI is InChI=1S/C11H16N2O/c1-2-9-6-10(8-13(4-1)7-9)11-12-3-5-14-11/h3,5,9-10H,1-2,4,6-8H2. The molecule has 0 aromatic carbocycles. The van der Waals surface area contributed by atoms with E-state index in [1.54, 1.807) is 12.5 Å². The predicted octanol–water partition coefficient (Wildman–Crippen LogP) is 1.87.